The Morgan fingerprint density at radius 1 is 1.14 bits per heavy atom. The van der Waals surface area contributed by atoms with E-state index in [1.807, 2.05) is 6.07 Å². The third-order valence-electron chi connectivity index (χ3n) is 3.00. The minimum Gasteiger partial charge on any atom is -0.497 e. The van der Waals surface area contributed by atoms with Crippen molar-refractivity contribution in [1.82, 2.24) is 0 Å². The molecule has 1 N–H and O–H groups in total. The Kier molecular flexibility index (Phi) is 4.44. The quantitative estimate of drug-likeness (QED) is 0.672. The van der Waals surface area contributed by atoms with Crippen molar-refractivity contribution < 1.29 is 14.4 Å². The average Bonchev–Trinajstić information content (AvgIpc) is 2.54. The highest BCUT2D eigenvalue weighted by Crippen LogP contribution is 2.35. The second-order valence-corrected chi connectivity index (χ2v) is 4.29. The molecule has 2 aromatic rings. The third-order valence-corrected chi connectivity index (χ3v) is 3.00. The standard InChI is InChI=1S/C15H13N3O4/c1-21-11-4-5-12(15(8-11)22-2)17-13-7-10(9-16)3-6-14(13)18(19)20/h3-8,17H,1-2H3. The number of ether oxygens (including phenoxy) is 2. The number of methoxy groups -OCH3 is 2. The summed E-state index contributed by atoms with van der Waals surface area (Å²) in [5.41, 5.74) is 0.937. The maximum absolute atomic E-state index is 11.1. The molecule has 0 spiro atoms. The fourth-order valence-electron chi connectivity index (χ4n) is 1.91. The molecule has 0 aliphatic carbocycles. The average molecular weight is 299 g/mol. The lowest BCUT2D eigenvalue weighted by Crippen LogP contribution is -2.00. The first-order valence-electron chi connectivity index (χ1n) is 6.26. The van der Waals surface area contributed by atoms with Crippen LogP contribution in [0.1, 0.15) is 5.56 Å². The van der Waals surface area contributed by atoms with Gasteiger partial charge in [-0.2, -0.15) is 5.26 Å². The minimum absolute atomic E-state index is 0.128. The van der Waals surface area contributed by atoms with Crippen molar-refractivity contribution in [3.63, 3.8) is 0 Å². The molecule has 0 atom stereocenters. The predicted molar refractivity (Wildman–Crippen MR) is 80.6 cm³/mol. The molecule has 2 aromatic carbocycles. The number of benzene rings is 2. The zero-order valence-electron chi connectivity index (χ0n) is 12.0. The smallest absolute Gasteiger partial charge is 0.292 e. The van der Waals surface area contributed by atoms with E-state index in [1.165, 1.54) is 32.4 Å². The van der Waals surface area contributed by atoms with Crippen molar-refractivity contribution in [2.24, 2.45) is 0 Å². The Hall–Kier alpha value is -3.27. The van der Waals surface area contributed by atoms with Gasteiger partial charge in [0.1, 0.15) is 17.2 Å². The first-order chi connectivity index (χ1) is 10.6. The zero-order valence-corrected chi connectivity index (χ0v) is 12.0. The van der Waals surface area contributed by atoms with Crippen molar-refractivity contribution in [3.05, 3.63) is 52.1 Å². The number of nitro benzene ring substituents is 1. The Labute approximate surface area is 126 Å². The first-order valence-corrected chi connectivity index (χ1v) is 6.26. The van der Waals surface area contributed by atoms with E-state index >= 15 is 0 Å². The van der Waals surface area contributed by atoms with Gasteiger partial charge in [-0.1, -0.05) is 0 Å². The van der Waals surface area contributed by atoms with E-state index in [2.05, 4.69) is 5.32 Å². The van der Waals surface area contributed by atoms with Gasteiger partial charge < -0.3 is 14.8 Å². The van der Waals surface area contributed by atoms with Gasteiger partial charge in [0.2, 0.25) is 0 Å². The molecule has 2 rings (SSSR count). The molecule has 0 radical (unpaired) electrons. The van der Waals surface area contributed by atoms with Gasteiger partial charge in [0.25, 0.3) is 5.69 Å². The number of hydrogen-bond donors (Lipinski definition) is 1. The van der Waals surface area contributed by atoms with Crippen molar-refractivity contribution >= 4 is 17.1 Å². The molecule has 0 aromatic heterocycles. The summed E-state index contributed by atoms with van der Waals surface area (Å²) in [4.78, 5) is 10.6. The molecule has 0 fully saturated rings. The number of nitrogens with one attached hydrogen (secondary N) is 1. The Balaban J connectivity index is 2.46. The Bertz CT molecular complexity index is 753. The molecule has 112 valence electrons. The van der Waals surface area contributed by atoms with Crippen LogP contribution in [0.25, 0.3) is 0 Å². The van der Waals surface area contributed by atoms with Crippen molar-refractivity contribution in [2.75, 3.05) is 19.5 Å². The monoisotopic (exact) mass is 299 g/mol. The maximum atomic E-state index is 11.1. The highest BCUT2D eigenvalue weighted by molar-refractivity contribution is 5.74. The number of hydrogen-bond acceptors (Lipinski definition) is 6. The van der Waals surface area contributed by atoms with Crippen LogP contribution in [0.15, 0.2) is 36.4 Å². The number of nitriles is 1. The fraction of sp³-hybridized carbons (Fsp3) is 0.133. The molecule has 0 bridgehead atoms. The summed E-state index contributed by atoms with van der Waals surface area (Å²) in [7, 11) is 3.02. The Morgan fingerprint density at radius 2 is 1.91 bits per heavy atom. The summed E-state index contributed by atoms with van der Waals surface area (Å²) in [6, 6.07) is 11.1. The third kappa shape index (κ3) is 3.07. The van der Waals surface area contributed by atoms with E-state index in [-0.39, 0.29) is 11.4 Å². The fourth-order valence-corrected chi connectivity index (χ4v) is 1.91. The van der Waals surface area contributed by atoms with E-state index in [1.54, 1.807) is 18.2 Å². The van der Waals surface area contributed by atoms with Gasteiger partial charge >= 0.3 is 0 Å². The molecule has 0 saturated carbocycles. The summed E-state index contributed by atoms with van der Waals surface area (Å²) in [5, 5.41) is 23.0. The first kappa shape index (κ1) is 15.1. The zero-order chi connectivity index (χ0) is 16.1. The van der Waals surface area contributed by atoms with Gasteiger partial charge in [-0.05, 0) is 24.3 Å². The van der Waals surface area contributed by atoms with E-state index in [4.69, 9.17) is 14.7 Å². The topological polar surface area (TPSA) is 97.4 Å². The van der Waals surface area contributed by atoms with Crippen molar-refractivity contribution in [3.8, 4) is 17.6 Å². The van der Waals surface area contributed by atoms with Crippen LogP contribution in [0.2, 0.25) is 0 Å². The second-order valence-electron chi connectivity index (χ2n) is 4.29. The second kappa shape index (κ2) is 6.45. The minimum atomic E-state index is -0.514. The van der Waals surface area contributed by atoms with Crippen LogP contribution in [0.3, 0.4) is 0 Å². The largest absolute Gasteiger partial charge is 0.497 e. The highest BCUT2D eigenvalue weighted by atomic mass is 16.6. The van der Waals surface area contributed by atoms with Gasteiger partial charge in [0.05, 0.1) is 36.5 Å². The summed E-state index contributed by atoms with van der Waals surface area (Å²) < 4.78 is 10.3. The van der Waals surface area contributed by atoms with Crippen LogP contribution in [0, 0.1) is 21.4 Å². The summed E-state index contributed by atoms with van der Waals surface area (Å²) in [5.74, 6) is 1.07. The molecule has 0 heterocycles. The molecule has 0 unspecified atom stereocenters. The van der Waals surface area contributed by atoms with E-state index in [0.717, 1.165) is 0 Å². The lowest BCUT2D eigenvalue weighted by molar-refractivity contribution is -0.383. The molecule has 22 heavy (non-hydrogen) atoms. The SMILES string of the molecule is COc1ccc(Nc2cc(C#N)ccc2[N+](=O)[O-])c(OC)c1. The number of rotatable bonds is 5. The summed E-state index contributed by atoms with van der Waals surface area (Å²) >= 11 is 0. The summed E-state index contributed by atoms with van der Waals surface area (Å²) in [6.07, 6.45) is 0. The van der Waals surface area contributed by atoms with E-state index < -0.39 is 4.92 Å². The molecule has 7 nitrogen and oxygen atoms in total. The summed E-state index contributed by atoms with van der Waals surface area (Å²) in [6.45, 7) is 0. The van der Waals surface area contributed by atoms with Crippen LogP contribution >= 0.6 is 0 Å². The van der Waals surface area contributed by atoms with E-state index in [0.29, 0.717) is 22.7 Å². The molecule has 7 heteroatoms. The molecular formula is C15H13N3O4. The molecular weight excluding hydrogens is 286 g/mol. The molecule has 0 saturated heterocycles. The Morgan fingerprint density at radius 3 is 2.50 bits per heavy atom. The van der Waals surface area contributed by atoms with Gasteiger partial charge in [0.15, 0.2) is 0 Å². The molecule has 0 amide bonds. The van der Waals surface area contributed by atoms with Crippen LogP contribution in [-0.4, -0.2) is 19.1 Å². The van der Waals surface area contributed by atoms with Crippen LogP contribution in [-0.2, 0) is 0 Å². The van der Waals surface area contributed by atoms with Gasteiger partial charge in [-0.3, -0.25) is 10.1 Å². The molecule has 0 aliphatic heterocycles. The van der Waals surface area contributed by atoms with Gasteiger partial charge in [-0.15, -0.1) is 0 Å². The number of nitro groups is 1. The lowest BCUT2D eigenvalue weighted by atomic mass is 10.1. The maximum Gasteiger partial charge on any atom is 0.292 e. The lowest BCUT2D eigenvalue weighted by Gasteiger charge is -2.12. The molecule has 0 aliphatic rings. The van der Waals surface area contributed by atoms with Crippen LogP contribution in [0.5, 0.6) is 11.5 Å². The predicted octanol–water partition coefficient (Wildman–Crippen LogP) is 3.23. The van der Waals surface area contributed by atoms with E-state index in [9.17, 15) is 10.1 Å². The number of anilines is 2. The van der Waals surface area contributed by atoms with Crippen LogP contribution < -0.4 is 14.8 Å². The number of nitrogens with zero attached hydrogens (tertiary/aromatic N) is 2. The van der Waals surface area contributed by atoms with Crippen LogP contribution in [0.4, 0.5) is 17.1 Å². The van der Waals surface area contributed by atoms with Crippen molar-refractivity contribution in [1.29, 1.82) is 5.26 Å². The van der Waals surface area contributed by atoms with Crippen molar-refractivity contribution in [2.45, 2.75) is 0 Å². The highest BCUT2D eigenvalue weighted by Gasteiger charge is 2.16. The van der Waals surface area contributed by atoms with Gasteiger partial charge in [0, 0.05) is 12.1 Å². The normalized spacial score (nSPS) is 9.68. The van der Waals surface area contributed by atoms with Gasteiger partial charge in [-0.25, -0.2) is 0 Å².